The largest absolute Gasteiger partial charge is 0.311 e. The van der Waals surface area contributed by atoms with Gasteiger partial charge in [-0.1, -0.05) is 42.5 Å². The molecule has 2 aliphatic rings. The summed E-state index contributed by atoms with van der Waals surface area (Å²) in [6.07, 6.45) is 0. The maximum Gasteiger partial charge on any atom is 0.252 e. The lowest BCUT2D eigenvalue weighted by Crippen LogP contribution is -2.61. The second-order valence-corrected chi connectivity index (χ2v) is 9.26. The molecule has 0 saturated carbocycles. The second-order valence-electron chi connectivity index (χ2n) is 9.26. The summed E-state index contributed by atoms with van der Waals surface area (Å²) in [5.74, 6) is 0. The average Bonchev–Trinajstić information content (AvgIpc) is 2.97. The summed E-state index contributed by atoms with van der Waals surface area (Å²) < 4.78 is 0. The number of benzene rings is 5. The van der Waals surface area contributed by atoms with Crippen molar-refractivity contribution in [3.63, 3.8) is 0 Å². The smallest absolute Gasteiger partial charge is 0.252 e. The molecule has 0 spiro atoms. The first kappa shape index (κ1) is 21.1. The molecule has 7 rings (SSSR count). The molecule has 0 saturated heterocycles. The van der Waals surface area contributed by atoms with Gasteiger partial charge in [-0.25, -0.2) is 0 Å². The number of anilines is 6. The van der Waals surface area contributed by atoms with E-state index in [1.807, 2.05) is 72.8 Å². The Bertz CT molecular complexity index is 1640. The predicted octanol–water partition coefficient (Wildman–Crippen LogP) is 5.51. The van der Waals surface area contributed by atoms with Gasteiger partial charge in [0.25, 0.3) is 6.71 Å². The summed E-state index contributed by atoms with van der Waals surface area (Å²) in [5.41, 5.74) is 10.9. The van der Waals surface area contributed by atoms with E-state index < -0.39 is 0 Å². The van der Waals surface area contributed by atoms with E-state index in [1.165, 1.54) is 5.46 Å². The molecule has 4 nitrogen and oxygen atoms in total. The molecule has 0 amide bonds. The molecular formula is C32H19BN4. The molecular weight excluding hydrogens is 451 g/mol. The first-order valence-electron chi connectivity index (χ1n) is 12.2. The van der Waals surface area contributed by atoms with Gasteiger partial charge in [0.2, 0.25) is 0 Å². The quantitative estimate of drug-likeness (QED) is 0.313. The van der Waals surface area contributed by atoms with Gasteiger partial charge in [0.15, 0.2) is 0 Å². The molecule has 0 bridgehead atoms. The molecule has 0 atom stereocenters. The van der Waals surface area contributed by atoms with Crippen molar-refractivity contribution < 1.29 is 0 Å². The van der Waals surface area contributed by atoms with Gasteiger partial charge in [0, 0.05) is 34.1 Å². The molecule has 2 heterocycles. The minimum atomic E-state index is -0.113. The molecule has 0 radical (unpaired) electrons. The van der Waals surface area contributed by atoms with Crippen LogP contribution < -0.4 is 26.2 Å². The first-order valence-corrected chi connectivity index (χ1v) is 12.2. The van der Waals surface area contributed by atoms with E-state index in [4.69, 9.17) is 0 Å². The second kappa shape index (κ2) is 8.16. The van der Waals surface area contributed by atoms with Crippen molar-refractivity contribution in [1.82, 2.24) is 0 Å². The van der Waals surface area contributed by atoms with E-state index in [0.717, 1.165) is 45.0 Å². The zero-order chi connectivity index (χ0) is 24.9. The van der Waals surface area contributed by atoms with Crippen molar-refractivity contribution in [3.8, 4) is 12.1 Å². The summed E-state index contributed by atoms with van der Waals surface area (Å²) in [6, 6.07) is 43.7. The highest BCUT2D eigenvalue weighted by Gasteiger charge is 2.43. The summed E-state index contributed by atoms with van der Waals surface area (Å²) in [6.45, 7) is -0.113. The van der Waals surface area contributed by atoms with Crippen LogP contribution in [0.3, 0.4) is 0 Å². The maximum absolute atomic E-state index is 9.80. The van der Waals surface area contributed by atoms with Gasteiger partial charge < -0.3 is 9.80 Å². The standard InChI is InChI=1S/C32H19BN4/c34-20-22-14-16-28-26(18-22)33-27-19-23(21-35)15-17-29(27)37(25-10-5-2-6-11-25)31-13-7-12-30(32(31)33)36(28)24-8-3-1-4-9-24/h1-19H. The summed E-state index contributed by atoms with van der Waals surface area (Å²) in [7, 11) is 0. The molecule has 5 aromatic carbocycles. The Morgan fingerprint density at radius 1 is 0.486 bits per heavy atom. The number of rotatable bonds is 2. The Hall–Kier alpha value is -5.26. The van der Waals surface area contributed by atoms with Gasteiger partial charge in [0.05, 0.1) is 23.3 Å². The van der Waals surface area contributed by atoms with Gasteiger partial charge in [-0.2, -0.15) is 10.5 Å². The van der Waals surface area contributed by atoms with Crippen LogP contribution in [0.2, 0.25) is 0 Å². The van der Waals surface area contributed by atoms with Gasteiger partial charge >= 0.3 is 0 Å². The Balaban J connectivity index is 1.61. The van der Waals surface area contributed by atoms with Gasteiger partial charge in [-0.05, 0) is 89.2 Å². The molecule has 0 aromatic heterocycles. The Morgan fingerprint density at radius 2 is 0.946 bits per heavy atom. The number of para-hydroxylation sites is 2. The number of hydrogen-bond acceptors (Lipinski definition) is 4. The van der Waals surface area contributed by atoms with Crippen LogP contribution >= 0.6 is 0 Å². The fourth-order valence-corrected chi connectivity index (χ4v) is 5.79. The number of nitriles is 2. The third kappa shape index (κ3) is 3.08. The van der Waals surface area contributed by atoms with Crippen LogP contribution in [0.4, 0.5) is 34.1 Å². The van der Waals surface area contributed by atoms with Crippen LogP contribution in [0.15, 0.2) is 115 Å². The normalized spacial score (nSPS) is 12.6. The minimum absolute atomic E-state index is 0.113. The van der Waals surface area contributed by atoms with Crippen LogP contribution in [0.25, 0.3) is 0 Å². The Morgan fingerprint density at radius 3 is 1.38 bits per heavy atom. The molecule has 0 fully saturated rings. The Kier molecular flexibility index (Phi) is 4.64. The minimum Gasteiger partial charge on any atom is -0.311 e. The summed E-state index contributed by atoms with van der Waals surface area (Å²) >= 11 is 0. The molecule has 37 heavy (non-hydrogen) atoms. The maximum atomic E-state index is 9.80. The van der Waals surface area contributed by atoms with Crippen molar-refractivity contribution in [2.45, 2.75) is 0 Å². The summed E-state index contributed by atoms with van der Waals surface area (Å²) in [5, 5.41) is 19.6. The van der Waals surface area contributed by atoms with Crippen molar-refractivity contribution in [1.29, 1.82) is 10.5 Å². The molecule has 0 aliphatic carbocycles. The van der Waals surface area contributed by atoms with E-state index in [2.05, 4.69) is 64.4 Å². The zero-order valence-corrected chi connectivity index (χ0v) is 19.8. The monoisotopic (exact) mass is 470 g/mol. The van der Waals surface area contributed by atoms with Crippen LogP contribution in [-0.4, -0.2) is 6.71 Å². The van der Waals surface area contributed by atoms with Gasteiger partial charge in [-0.15, -0.1) is 0 Å². The van der Waals surface area contributed by atoms with E-state index in [-0.39, 0.29) is 6.71 Å². The molecule has 170 valence electrons. The van der Waals surface area contributed by atoms with Crippen molar-refractivity contribution in [2.75, 3.05) is 9.80 Å². The van der Waals surface area contributed by atoms with E-state index >= 15 is 0 Å². The van der Waals surface area contributed by atoms with Crippen molar-refractivity contribution >= 4 is 57.2 Å². The number of fused-ring (bicyclic) bond motifs is 4. The van der Waals surface area contributed by atoms with E-state index in [9.17, 15) is 10.5 Å². The van der Waals surface area contributed by atoms with E-state index in [0.29, 0.717) is 11.1 Å². The van der Waals surface area contributed by atoms with E-state index in [1.54, 1.807) is 0 Å². The highest BCUT2D eigenvalue weighted by Crippen LogP contribution is 2.43. The summed E-state index contributed by atoms with van der Waals surface area (Å²) in [4.78, 5) is 4.57. The molecule has 0 N–H and O–H groups in total. The van der Waals surface area contributed by atoms with Crippen LogP contribution in [0.5, 0.6) is 0 Å². The van der Waals surface area contributed by atoms with Crippen LogP contribution in [0, 0.1) is 22.7 Å². The van der Waals surface area contributed by atoms with Gasteiger partial charge in [0.1, 0.15) is 0 Å². The molecule has 5 aromatic rings. The van der Waals surface area contributed by atoms with Crippen molar-refractivity contribution in [2.24, 2.45) is 0 Å². The van der Waals surface area contributed by atoms with Crippen LogP contribution in [0.1, 0.15) is 11.1 Å². The highest BCUT2D eigenvalue weighted by molar-refractivity contribution is 7.00. The number of hydrogen-bond donors (Lipinski definition) is 0. The lowest BCUT2D eigenvalue weighted by Gasteiger charge is -2.44. The van der Waals surface area contributed by atoms with Gasteiger partial charge in [-0.3, -0.25) is 0 Å². The third-order valence-electron chi connectivity index (χ3n) is 7.28. The SMILES string of the molecule is N#Cc1ccc2c(c1)B1c3cc(C#N)ccc3N(c3ccccc3)c3cccc(c31)N2c1ccccc1. The first-order chi connectivity index (χ1) is 18.3. The lowest BCUT2D eigenvalue weighted by molar-refractivity contribution is 1.25. The van der Waals surface area contributed by atoms with Crippen LogP contribution in [-0.2, 0) is 0 Å². The third-order valence-corrected chi connectivity index (χ3v) is 7.28. The molecule has 5 heteroatoms. The zero-order valence-electron chi connectivity index (χ0n) is 19.8. The highest BCUT2D eigenvalue weighted by atomic mass is 15.2. The average molecular weight is 470 g/mol. The predicted molar refractivity (Wildman–Crippen MR) is 150 cm³/mol. The lowest BCUT2D eigenvalue weighted by atomic mass is 9.33. The Labute approximate surface area is 216 Å². The number of nitrogens with zero attached hydrogens (tertiary/aromatic N) is 4. The fourth-order valence-electron chi connectivity index (χ4n) is 5.79. The fraction of sp³-hybridized carbons (Fsp3) is 0. The molecule has 0 unspecified atom stereocenters. The topological polar surface area (TPSA) is 54.1 Å². The molecule has 2 aliphatic heterocycles. The van der Waals surface area contributed by atoms with Crippen molar-refractivity contribution in [3.05, 3.63) is 126 Å².